The molecule has 0 saturated heterocycles. The second-order valence-corrected chi connectivity index (χ2v) is 4.36. The van der Waals surface area contributed by atoms with E-state index in [2.05, 4.69) is 0 Å². The van der Waals surface area contributed by atoms with Gasteiger partial charge in [-0.1, -0.05) is 6.07 Å². The molecule has 3 rings (SSSR count). The van der Waals surface area contributed by atoms with Crippen LogP contribution in [-0.4, -0.2) is 20.4 Å². The van der Waals surface area contributed by atoms with Crippen molar-refractivity contribution in [2.24, 2.45) is 0 Å². The third-order valence-corrected chi connectivity index (χ3v) is 2.99. The minimum absolute atomic E-state index is 0.0493. The molecular weight excluding hydrogens is 260 g/mol. The number of hydrogen-bond acceptors (Lipinski definition) is 4. The normalized spacial score (nSPS) is 10.8. The maximum atomic E-state index is 9.99. The number of fused-ring (bicyclic) bond motifs is 1. The maximum absolute atomic E-state index is 9.99. The molecule has 20 heavy (non-hydrogen) atoms. The van der Waals surface area contributed by atoms with Crippen LogP contribution in [0.15, 0.2) is 46.9 Å². The fraction of sp³-hybridized carbons (Fsp3) is 0. The van der Waals surface area contributed by atoms with Gasteiger partial charge in [-0.3, -0.25) is 0 Å². The van der Waals surface area contributed by atoms with Gasteiger partial charge in [-0.15, -0.1) is 0 Å². The van der Waals surface area contributed by atoms with Gasteiger partial charge in [0.1, 0.15) is 0 Å². The van der Waals surface area contributed by atoms with Crippen molar-refractivity contribution in [2.75, 3.05) is 0 Å². The summed E-state index contributed by atoms with van der Waals surface area (Å²) in [7, 11) is 0. The van der Waals surface area contributed by atoms with Crippen LogP contribution < -0.4 is 0 Å². The van der Waals surface area contributed by atoms with Crippen molar-refractivity contribution < 1.29 is 24.8 Å². The molecule has 1 heterocycles. The molecule has 100 valence electrons. The molecule has 0 aliphatic carbocycles. The fourth-order valence-electron chi connectivity index (χ4n) is 2.01. The molecule has 0 aliphatic heterocycles. The topological polar surface area (TPSA) is 92.2 Å². The van der Waals surface area contributed by atoms with E-state index in [9.17, 15) is 20.4 Å². The highest BCUT2D eigenvalue weighted by Gasteiger charge is 2.24. The Morgan fingerprint density at radius 1 is 0.700 bits per heavy atom. The first-order valence-corrected chi connectivity index (χ1v) is 5.86. The zero-order valence-electron chi connectivity index (χ0n) is 10.2. The Hall–Kier alpha value is -2.95. The number of phenols is 3. The van der Waals surface area contributed by atoms with Crippen molar-refractivity contribution in [3.8, 4) is 34.3 Å². The van der Waals surface area contributed by atoms with Crippen molar-refractivity contribution in [3.05, 3.63) is 42.5 Å². The molecule has 0 radical (unpaired) electrons. The Balaban J connectivity index is 2.27. The summed E-state index contributed by atoms with van der Waals surface area (Å²) < 4.78 is 5.51. The van der Waals surface area contributed by atoms with Crippen LogP contribution in [0.2, 0.25) is 0 Å². The van der Waals surface area contributed by atoms with Gasteiger partial charge in [-0.25, -0.2) is 0 Å². The van der Waals surface area contributed by atoms with E-state index >= 15 is 0 Å². The Bertz CT molecular complexity index is 811. The molecule has 5 nitrogen and oxygen atoms in total. The van der Waals surface area contributed by atoms with Crippen LogP contribution in [0.5, 0.6) is 23.0 Å². The van der Waals surface area contributed by atoms with Gasteiger partial charge in [0.05, 0.1) is 10.9 Å². The summed E-state index contributed by atoms with van der Waals surface area (Å²) >= 11 is 0. The smallest absolute Gasteiger partial charge is 0.402 e. The van der Waals surface area contributed by atoms with E-state index in [4.69, 9.17) is 4.42 Å². The summed E-state index contributed by atoms with van der Waals surface area (Å²) in [6, 6.07) is 10.3. The van der Waals surface area contributed by atoms with Gasteiger partial charge >= 0.3 is 11.3 Å². The van der Waals surface area contributed by atoms with Gasteiger partial charge in [-0.05, 0) is 24.3 Å². The monoisotopic (exact) mass is 271 g/mol. The lowest BCUT2D eigenvalue weighted by Gasteiger charge is -2.00. The molecule has 0 bridgehead atoms. The molecule has 4 N–H and O–H groups in total. The van der Waals surface area contributed by atoms with Crippen molar-refractivity contribution in [3.63, 3.8) is 0 Å². The highest BCUT2D eigenvalue weighted by atomic mass is 16.4. The van der Waals surface area contributed by atoms with E-state index in [1.54, 1.807) is 12.1 Å². The summed E-state index contributed by atoms with van der Waals surface area (Å²) in [5, 5.41) is 39.1. The molecule has 5 heteroatoms. The van der Waals surface area contributed by atoms with E-state index in [0.29, 0.717) is 10.9 Å². The number of phenolic OH excluding ortho intramolecular Hbond substituents is 3. The van der Waals surface area contributed by atoms with Gasteiger partial charge in [0.25, 0.3) is 0 Å². The van der Waals surface area contributed by atoms with E-state index in [0.717, 1.165) is 0 Å². The lowest BCUT2D eigenvalue weighted by Crippen LogP contribution is -1.82. The van der Waals surface area contributed by atoms with Crippen LogP contribution in [0.25, 0.3) is 22.3 Å². The van der Waals surface area contributed by atoms with Gasteiger partial charge < -0.3 is 20.4 Å². The molecule has 3 aromatic rings. The van der Waals surface area contributed by atoms with Crippen molar-refractivity contribution in [1.29, 1.82) is 0 Å². The highest BCUT2D eigenvalue weighted by molar-refractivity contribution is 5.86. The fourth-order valence-corrected chi connectivity index (χ4v) is 2.01. The van der Waals surface area contributed by atoms with E-state index in [1.165, 1.54) is 30.3 Å². The summed E-state index contributed by atoms with van der Waals surface area (Å²) in [5.41, 5.74) is 0.607. The second-order valence-electron chi connectivity index (χ2n) is 4.36. The Labute approximate surface area is 113 Å². The quantitative estimate of drug-likeness (QED) is 0.403. The first kappa shape index (κ1) is 12.1. The Morgan fingerprint density at radius 2 is 1.50 bits per heavy atom. The van der Waals surface area contributed by atoms with E-state index in [-0.39, 0.29) is 34.3 Å². The molecule has 1 aromatic heterocycles. The number of hydrogen-bond donors (Lipinski definition) is 4. The first-order valence-electron chi connectivity index (χ1n) is 5.86. The molecule has 0 saturated carbocycles. The molecule has 0 fully saturated rings. The van der Waals surface area contributed by atoms with Gasteiger partial charge in [0, 0.05) is 12.1 Å². The standard InChI is InChI=1S/C15H10O5/c16-10-5-4-9(6-12(10)18)15-13(19)7-8-2-1-3-11(17)14(8)20-15/h1-7H,(H3-,16,17,18,19)/p+1. The largest absolute Gasteiger partial charge is 0.504 e. The van der Waals surface area contributed by atoms with Crippen LogP contribution in [0, 0.1) is 0 Å². The van der Waals surface area contributed by atoms with Gasteiger partial charge in [0.2, 0.25) is 11.5 Å². The van der Waals surface area contributed by atoms with Crippen LogP contribution >= 0.6 is 0 Å². The minimum atomic E-state index is -0.325. The summed E-state index contributed by atoms with van der Waals surface area (Å²) in [5.74, 6) is -0.680. The van der Waals surface area contributed by atoms with E-state index < -0.39 is 0 Å². The molecule has 0 spiro atoms. The summed E-state index contributed by atoms with van der Waals surface area (Å²) in [6.07, 6.45) is 0. The first-order chi connectivity index (χ1) is 9.56. The van der Waals surface area contributed by atoms with Crippen molar-refractivity contribution in [1.82, 2.24) is 0 Å². The number of aromatic hydroxyl groups is 4. The highest BCUT2D eigenvalue weighted by Crippen LogP contribution is 2.38. The molecule has 2 aromatic carbocycles. The van der Waals surface area contributed by atoms with Gasteiger partial charge in [-0.2, -0.15) is 4.42 Å². The molecule has 0 amide bonds. The van der Waals surface area contributed by atoms with Crippen molar-refractivity contribution >= 4 is 11.0 Å². The van der Waals surface area contributed by atoms with Crippen LogP contribution in [0.3, 0.4) is 0 Å². The van der Waals surface area contributed by atoms with Crippen LogP contribution in [0.1, 0.15) is 0 Å². The lowest BCUT2D eigenvalue weighted by atomic mass is 10.1. The maximum Gasteiger partial charge on any atom is 0.402 e. The summed E-state index contributed by atoms with van der Waals surface area (Å²) in [4.78, 5) is 0. The zero-order valence-corrected chi connectivity index (χ0v) is 10.2. The lowest BCUT2D eigenvalue weighted by molar-refractivity contribution is 0.403. The minimum Gasteiger partial charge on any atom is -0.504 e. The van der Waals surface area contributed by atoms with E-state index in [1.807, 2.05) is 0 Å². The number of benzene rings is 2. The third-order valence-electron chi connectivity index (χ3n) is 2.99. The second kappa shape index (κ2) is 4.31. The zero-order chi connectivity index (χ0) is 14.3. The summed E-state index contributed by atoms with van der Waals surface area (Å²) in [6.45, 7) is 0. The SMILES string of the molecule is Oc1ccc(-c2[o+]c3c(O)cccc3cc2O)cc1O. The average Bonchev–Trinajstić information content (AvgIpc) is 2.42. The number of rotatable bonds is 1. The van der Waals surface area contributed by atoms with Crippen molar-refractivity contribution in [2.45, 2.75) is 0 Å². The van der Waals surface area contributed by atoms with Crippen LogP contribution in [-0.2, 0) is 0 Å². The molecule has 0 unspecified atom stereocenters. The van der Waals surface area contributed by atoms with Crippen LogP contribution in [0.4, 0.5) is 0 Å². The molecule has 0 atom stereocenters. The molecule has 0 aliphatic rings. The molecular formula is C15H11O5+. The predicted molar refractivity (Wildman–Crippen MR) is 72.7 cm³/mol. The average molecular weight is 271 g/mol. The Morgan fingerprint density at radius 3 is 2.25 bits per heavy atom. The number of para-hydroxylation sites is 1. The third kappa shape index (κ3) is 1.85. The Kier molecular flexibility index (Phi) is 2.61. The predicted octanol–water partition coefficient (Wildman–Crippen LogP) is 3.20. The van der Waals surface area contributed by atoms with Gasteiger partial charge in [0.15, 0.2) is 11.5 Å².